The standard InChI is InChI=1S/C19H35FN2O3/c1-12(2)7-8-18(24)21-16(10-14(5)6)19(25)22-15(9-13(3)4)17(23)11-20/h12-16H,7-11H2,1-6H3,(H,21,24)(H,22,25)/t15-,16-/m0/s1. The highest BCUT2D eigenvalue weighted by atomic mass is 19.1. The number of halogens is 1. The maximum atomic E-state index is 12.8. The van der Waals surface area contributed by atoms with Gasteiger partial charge in [0.2, 0.25) is 11.8 Å². The summed E-state index contributed by atoms with van der Waals surface area (Å²) in [6, 6.07) is -1.55. The fourth-order valence-corrected chi connectivity index (χ4v) is 2.50. The fraction of sp³-hybridized carbons (Fsp3) is 0.842. The van der Waals surface area contributed by atoms with Crippen molar-refractivity contribution in [3.8, 4) is 0 Å². The van der Waals surface area contributed by atoms with Crippen LogP contribution in [0.4, 0.5) is 4.39 Å². The average molecular weight is 358 g/mol. The van der Waals surface area contributed by atoms with Crippen molar-refractivity contribution in [2.24, 2.45) is 17.8 Å². The van der Waals surface area contributed by atoms with Crippen molar-refractivity contribution < 1.29 is 18.8 Å². The third-order valence-corrected chi connectivity index (χ3v) is 3.85. The topological polar surface area (TPSA) is 75.3 Å². The molecular formula is C19H35FN2O3. The zero-order chi connectivity index (χ0) is 19.6. The van der Waals surface area contributed by atoms with Crippen LogP contribution >= 0.6 is 0 Å². The predicted molar refractivity (Wildman–Crippen MR) is 97.8 cm³/mol. The van der Waals surface area contributed by atoms with Crippen molar-refractivity contribution >= 4 is 17.6 Å². The Kier molecular flexibility index (Phi) is 11.3. The van der Waals surface area contributed by atoms with Gasteiger partial charge in [0, 0.05) is 6.42 Å². The lowest BCUT2D eigenvalue weighted by Crippen LogP contribution is -2.52. The summed E-state index contributed by atoms with van der Waals surface area (Å²) < 4.78 is 12.8. The van der Waals surface area contributed by atoms with Crippen molar-refractivity contribution in [2.45, 2.75) is 79.3 Å². The molecule has 5 nitrogen and oxygen atoms in total. The molecule has 146 valence electrons. The number of nitrogens with one attached hydrogen (secondary N) is 2. The van der Waals surface area contributed by atoms with Gasteiger partial charge < -0.3 is 10.6 Å². The first kappa shape index (κ1) is 23.5. The Balaban J connectivity index is 4.95. The van der Waals surface area contributed by atoms with E-state index in [9.17, 15) is 18.8 Å². The minimum Gasteiger partial charge on any atom is -0.344 e. The maximum Gasteiger partial charge on any atom is 0.243 e. The molecule has 0 rings (SSSR count). The van der Waals surface area contributed by atoms with Gasteiger partial charge in [-0.15, -0.1) is 0 Å². The molecule has 0 fully saturated rings. The van der Waals surface area contributed by atoms with Crippen molar-refractivity contribution in [1.82, 2.24) is 10.6 Å². The molecule has 0 spiro atoms. The molecule has 0 aromatic rings. The number of hydrogen-bond acceptors (Lipinski definition) is 3. The molecule has 0 radical (unpaired) electrons. The fourth-order valence-electron chi connectivity index (χ4n) is 2.50. The first-order valence-corrected chi connectivity index (χ1v) is 9.25. The number of carbonyl (C=O) groups is 3. The minimum atomic E-state index is -1.10. The number of Topliss-reactive ketones (excluding diaryl/α,β-unsaturated/α-hetero) is 1. The lowest BCUT2D eigenvalue weighted by atomic mass is 9.98. The summed E-state index contributed by atoms with van der Waals surface area (Å²) in [5.41, 5.74) is 0. The monoisotopic (exact) mass is 358 g/mol. The number of alkyl halides is 1. The molecule has 0 unspecified atom stereocenters. The molecule has 0 aromatic heterocycles. The van der Waals surface area contributed by atoms with Gasteiger partial charge in [0.15, 0.2) is 5.78 Å². The Morgan fingerprint density at radius 3 is 1.76 bits per heavy atom. The van der Waals surface area contributed by atoms with E-state index in [4.69, 9.17) is 0 Å². The van der Waals surface area contributed by atoms with Crippen molar-refractivity contribution in [1.29, 1.82) is 0 Å². The Morgan fingerprint density at radius 1 is 0.800 bits per heavy atom. The van der Waals surface area contributed by atoms with Crippen LogP contribution in [0.25, 0.3) is 0 Å². The summed E-state index contributed by atoms with van der Waals surface area (Å²) in [7, 11) is 0. The summed E-state index contributed by atoms with van der Waals surface area (Å²) in [4.78, 5) is 36.4. The van der Waals surface area contributed by atoms with Crippen molar-refractivity contribution in [3.63, 3.8) is 0 Å². The molecule has 0 aromatic carbocycles. The molecule has 0 bridgehead atoms. The molecule has 0 aliphatic rings. The molecule has 0 saturated carbocycles. The molecule has 2 amide bonds. The van der Waals surface area contributed by atoms with E-state index in [0.717, 1.165) is 6.42 Å². The zero-order valence-corrected chi connectivity index (χ0v) is 16.5. The number of hydrogen-bond donors (Lipinski definition) is 2. The smallest absolute Gasteiger partial charge is 0.243 e. The van der Waals surface area contributed by atoms with Crippen LogP contribution in [0.3, 0.4) is 0 Å². The molecule has 0 saturated heterocycles. The lowest BCUT2D eigenvalue weighted by Gasteiger charge is -2.24. The summed E-state index contributed by atoms with van der Waals surface area (Å²) in [6.45, 7) is 10.7. The van der Waals surface area contributed by atoms with Gasteiger partial charge in [-0.25, -0.2) is 4.39 Å². The Hall–Kier alpha value is -1.46. The number of ketones is 1. The highest BCUT2D eigenvalue weighted by molar-refractivity contribution is 5.93. The van der Waals surface area contributed by atoms with Crippen LogP contribution in [0.2, 0.25) is 0 Å². The molecular weight excluding hydrogens is 323 g/mol. The van der Waals surface area contributed by atoms with Crippen LogP contribution in [0.5, 0.6) is 0 Å². The number of carbonyl (C=O) groups excluding carboxylic acids is 3. The first-order chi connectivity index (χ1) is 11.6. The first-order valence-electron chi connectivity index (χ1n) is 9.25. The average Bonchev–Trinajstić information content (AvgIpc) is 2.49. The second-order valence-electron chi connectivity index (χ2n) is 7.97. The predicted octanol–water partition coefficient (Wildman–Crippen LogP) is 3.02. The van der Waals surface area contributed by atoms with Crippen LogP contribution < -0.4 is 10.6 Å². The van der Waals surface area contributed by atoms with E-state index < -0.39 is 30.4 Å². The number of rotatable bonds is 12. The third kappa shape index (κ3) is 10.9. The molecule has 25 heavy (non-hydrogen) atoms. The van der Waals surface area contributed by atoms with Gasteiger partial charge in [0.25, 0.3) is 0 Å². The second-order valence-corrected chi connectivity index (χ2v) is 7.97. The van der Waals surface area contributed by atoms with Gasteiger partial charge in [-0.3, -0.25) is 14.4 Å². The van der Waals surface area contributed by atoms with Gasteiger partial charge in [-0.2, -0.15) is 0 Å². The highest BCUT2D eigenvalue weighted by Gasteiger charge is 2.27. The molecule has 2 N–H and O–H groups in total. The SMILES string of the molecule is CC(C)CCC(=O)N[C@@H](CC(C)C)C(=O)N[C@@H](CC(C)C)C(=O)CF. The van der Waals surface area contributed by atoms with Crippen LogP contribution in [0.1, 0.15) is 67.2 Å². The Labute approximate surface area is 151 Å². The zero-order valence-electron chi connectivity index (χ0n) is 16.5. The Morgan fingerprint density at radius 2 is 1.32 bits per heavy atom. The van der Waals surface area contributed by atoms with Crippen LogP contribution in [0.15, 0.2) is 0 Å². The van der Waals surface area contributed by atoms with Gasteiger partial charge in [-0.1, -0.05) is 41.5 Å². The van der Waals surface area contributed by atoms with E-state index in [1.807, 2.05) is 41.5 Å². The van der Waals surface area contributed by atoms with Crippen LogP contribution in [-0.2, 0) is 14.4 Å². The molecule has 0 aliphatic heterocycles. The van der Waals surface area contributed by atoms with Gasteiger partial charge in [0.05, 0.1) is 6.04 Å². The minimum absolute atomic E-state index is 0.144. The summed E-state index contributed by atoms with van der Waals surface area (Å²) >= 11 is 0. The second kappa shape index (κ2) is 12.0. The molecule has 0 heterocycles. The van der Waals surface area contributed by atoms with Crippen LogP contribution in [0, 0.1) is 17.8 Å². The van der Waals surface area contributed by atoms with Gasteiger partial charge in [0.1, 0.15) is 12.7 Å². The largest absolute Gasteiger partial charge is 0.344 e. The summed E-state index contributed by atoms with van der Waals surface area (Å²) in [6.07, 6.45) is 1.96. The molecule has 0 aliphatic carbocycles. The van der Waals surface area contributed by atoms with Crippen LogP contribution in [-0.4, -0.2) is 36.4 Å². The van der Waals surface area contributed by atoms with Crippen molar-refractivity contribution in [2.75, 3.05) is 6.67 Å². The van der Waals surface area contributed by atoms with E-state index in [-0.39, 0.29) is 17.7 Å². The Bertz CT molecular complexity index is 436. The third-order valence-electron chi connectivity index (χ3n) is 3.85. The summed E-state index contributed by atoms with van der Waals surface area (Å²) in [5, 5.41) is 5.39. The van der Waals surface area contributed by atoms with Gasteiger partial charge >= 0.3 is 0 Å². The van der Waals surface area contributed by atoms with Gasteiger partial charge in [-0.05, 0) is 37.0 Å². The normalized spacial score (nSPS) is 13.8. The maximum absolute atomic E-state index is 12.8. The van der Waals surface area contributed by atoms with E-state index in [1.54, 1.807) is 0 Å². The van der Waals surface area contributed by atoms with E-state index in [2.05, 4.69) is 10.6 Å². The van der Waals surface area contributed by atoms with E-state index >= 15 is 0 Å². The van der Waals surface area contributed by atoms with E-state index in [0.29, 0.717) is 25.2 Å². The molecule has 6 heteroatoms. The number of amides is 2. The van der Waals surface area contributed by atoms with Crippen molar-refractivity contribution in [3.05, 3.63) is 0 Å². The summed E-state index contributed by atoms with van der Waals surface area (Å²) in [5.74, 6) is -0.477. The van der Waals surface area contributed by atoms with E-state index in [1.165, 1.54) is 0 Å². The lowest BCUT2D eigenvalue weighted by molar-refractivity contribution is -0.132. The highest BCUT2D eigenvalue weighted by Crippen LogP contribution is 2.10. The molecule has 2 atom stereocenters. The quantitative estimate of drug-likeness (QED) is 0.563.